The SMILES string of the molecule is CC(C)COCCC(=O)Nc1ccc(N2CCc3sccc3C2)cc1. The molecule has 25 heavy (non-hydrogen) atoms. The Hall–Kier alpha value is -1.85. The summed E-state index contributed by atoms with van der Waals surface area (Å²) >= 11 is 1.86. The average molecular weight is 359 g/mol. The molecule has 0 spiro atoms. The third-order valence-electron chi connectivity index (χ3n) is 4.25. The van der Waals surface area contributed by atoms with Gasteiger partial charge in [0.15, 0.2) is 0 Å². The van der Waals surface area contributed by atoms with Gasteiger partial charge >= 0.3 is 0 Å². The second kappa shape index (κ2) is 8.50. The van der Waals surface area contributed by atoms with Crippen molar-refractivity contribution in [2.24, 2.45) is 5.92 Å². The van der Waals surface area contributed by atoms with Crippen LogP contribution in [0.2, 0.25) is 0 Å². The van der Waals surface area contributed by atoms with Gasteiger partial charge in [-0.15, -0.1) is 11.3 Å². The molecule has 0 fully saturated rings. The first-order valence-corrected chi connectivity index (χ1v) is 9.77. The minimum atomic E-state index is -0.00241. The van der Waals surface area contributed by atoms with Crippen LogP contribution in [-0.4, -0.2) is 25.7 Å². The number of hydrogen-bond acceptors (Lipinski definition) is 4. The fraction of sp³-hybridized carbons (Fsp3) is 0.450. The number of carbonyl (C=O) groups is 1. The van der Waals surface area contributed by atoms with Crippen molar-refractivity contribution < 1.29 is 9.53 Å². The average Bonchev–Trinajstić information content (AvgIpc) is 3.07. The molecule has 1 N–H and O–H groups in total. The van der Waals surface area contributed by atoms with E-state index in [1.165, 1.54) is 16.1 Å². The number of rotatable bonds is 7. The van der Waals surface area contributed by atoms with Gasteiger partial charge in [-0.05, 0) is 53.6 Å². The molecule has 1 aliphatic rings. The molecule has 0 saturated heterocycles. The van der Waals surface area contributed by atoms with Gasteiger partial charge in [0.25, 0.3) is 0 Å². The number of benzene rings is 1. The summed E-state index contributed by atoms with van der Waals surface area (Å²) in [6, 6.07) is 10.4. The fourth-order valence-corrected chi connectivity index (χ4v) is 3.82. The third-order valence-corrected chi connectivity index (χ3v) is 5.27. The summed E-state index contributed by atoms with van der Waals surface area (Å²) in [4.78, 5) is 15.9. The van der Waals surface area contributed by atoms with Crippen molar-refractivity contribution in [3.63, 3.8) is 0 Å². The Morgan fingerprint density at radius 2 is 2.08 bits per heavy atom. The summed E-state index contributed by atoms with van der Waals surface area (Å²) in [6.45, 7) is 7.39. The standard InChI is InChI=1S/C20H26N2O2S/c1-15(2)14-24-11-8-20(23)21-17-3-5-18(6-4-17)22-10-7-19-16(13-22)9-12-25-19/h3-6,9,12,15H,7-8,10-11,13-14H2,1-2H3,(H,21,23). The molecule has 5 heteroatoms. The van der Waals surface area contributed by atoms with Crippen molar-refractivity contribution in [1.29, 1.82) is 0 Å². The number of nitrogens with one attached hydrogen (secondary N) is 1. The molecule has 0 unspecified atom stereocenters. The van der Waals surface area contributed by atoms with E-state index in [0.717, 1.165) is 25.2 Å². The number of nitrogens with zero attached hydrogens (tertiary/aromatic N) is 1. The number of thiophene rings is 1. The number of fused-ring (bicyclic) bond motifs is 1. The van der Waals surface area contributed by atoms with Gasteiger partial charge in [0, 0.05) is 35.9 Å². The van der Waals surface area contributed by atoms with Crippen LogP contribution < -0.4 is 10.2 Å². The van der Waals surface area contributed by atoms with E-state index in [9.17, 15) is 4.79 Å². The van der Waals surface area contributed by atoms with Crippen LogP contribution >= 0.6 is 11.3 Å². The molecule has 1 aromatic heterocycles. The Morgan fingerprint density at radius 3 is 2.84 bits per heavy atom. The quantitative estimate of drug-likeness (QED) is 0.750. The molecule has 0 bridgehead atoms. The van der Waals surface area contributed by atoms with Crippen molar-refractivity contribution >= 4 is 28.6 Å². The Morgan fingerprint density at radius 1 is 1.28 bits per heavy atom. The van der Waals surface area contributed by atoms with Crippen LogP contribution in [0.15, 0.2) is 35.7 Å². The zero-order valence-electron chi connectivity index (χ0n) is 15.0. The van der Waals surface area contributed by atoms with E-state index in [4.69, 9.17) is 4.74 Å². The molecule has 3 rings (SSSR count). The van der Waals surface area contributed by atoms with Crippen LogP contribution in [0.25, 0.3) is 0 Å². The molecule has 1 aliphatic heterocycles. The minimum absolute atomic E-state index is 0.00241. The van der Waals surface area contributed by atoms with E-state index in [0.29, 0.717) is 25.6 Å². The predicted octanol–water partition coefficient (Wildman–Crippen LogP) is 4.31. The zero-order chi connectivity index (χ0) is 17.6. The highest BCUT2D eigenvalue weighted by Gasteiger charge is 2.17. The highest BCUT2D eigenvalue weighted by atomic mass is 32.1. The normalized spacial score (nSPS) is 13.8. The molecule has 0 saturated carbocycles. The van der Waals surface area contributed by atoms with Gasteiger partial charge in [0.05, 0.1) is 13.0 Å². The van der Waals surface area contributed by atoms with E-state index in [2.05, 4.69) is 47.6 Å². The lowest BCUT2D eigenvalue weighted by Gasteiger charge is -2.29. The van der Waals surface area contributed by atoms with Crippen LogP contribution in [-0.2, 0) is 22.5 Å². The van der Waals surface area contributed by atoms with E-state index in [1.807, 2.05) is 23.5 Å². The van der Waals surface area contributed by atoms with Crippen LogP contribution in [0, 0.1) is 5.92 Å². The van der Waals surface area contributed by atoms with Gasteiger partial charge in [-0.2, -0.15) is 0 Å². The van der Waals surface area contributed by atoms with Gasteiger partial charge in [0.2, 0.25) is 5.91 Å². The number of carbonyl (C=O) groups excluding carboxylic acids is 1. The van der Waals surface area contributed by atoms with Gasteiger partial charge in [0.1, 0.15) is 0 Å². The lowest BCUT2D eigenvalue weighted by molar-refractivity contribution is -0.117. The molecular weight excluding hydrogens is 332 g/mol. The second-order valence-electron chi connectivity index (χ2n) is 6.85. The topological polar surface area (TPSA) is 41.6 Å². The first kappa shape index (κ1) is 18.0. The van der Waals surface area contributed by atoms with Crippen LogP contribution in [0.5, 0.6) is 0 Å². The molecule has 1 aromatic carbocycles. The maximum absolute atomic E-state index is 12.0. The maximum Gasteiger partial charge on any atom is 0.226 e. The molecule has 2 heterocycles. The summed E-state index contributed by atoms with van der Waals surface area (Å²) in [7, 11) is 0. The molecule has 0 aliphatic carbocycles. The van der Waals surface area contributed by atoms with Crippen LogP contribution in [0.1, 0.15) is 30.7 Å². The highest BCUT2D eigenvalue weighted by molar-refractivity contribution is 7.10. The Labute approximate surface area is 153 Å². The van der Waals surface area contributed by atoms with E-state index in [-0.39, 0.29) is 5.91 Å². The third kappa shape index (κ3) is 5.06. The number of amides is 1. The van der Waals surface area contributed by atoms with Crippen molar-refractivity contribution in [3.8, 4) is 0 Å². The van der Waals surface area contributed by atoms with Gasteiger partial charge in [-0.25, -0.2) is 0 Å². The number of hydrogen-bond donors (Lipinski definition) is 1. The number of anilines is 2. The zero-order valence-corrected chi connectivity index (χ0v) is 15.8. The van der Waals surface area contributed by atoms with E-state index in [1.54, 1.807) is 0 Å². The summed E-state index contributed by atoms with van der Waals surface area (Å²) < 4.78 is 5.46. The highest BCUT2D eigenvalue weighted by Crippen LogP contribution is 2.28. The molecule has 4 nitrogen and oxygen atoms in total. The summed E-state index contributed by atoms with van der Waals surface area (Å²) in [5, 5.41) is 5.11. The van der Waals surface area contributed by atoms with Gasteiger partial charge < -0.3 is 15.0 Å². The lowest BCUT2D eigenvalue weighted by atomic mass is 10.1. The lowest BCUT2D eigenvalue weighted by Crippen LogP contribution is -2.29. The molecule has 0 atom stereocenters. The van der Waals surface area contributed by atoms with Crippen LogP contribution in [0.3, 0.4) is 0 Å². The molecule has 0 radical (unpaired) electrons. The summed E-state index contributed by atoms with van der Waals surface area (Å²) in [5.74, 6) is 0.493. The van der Waals surface area contributed by atoms with Gasteiger partial charge in [-0.1, -0.05) is 13.8 Å². The minimum Gasteiger partial charge on any atom is -0.381 e. The number of ether oxygens (including phenoxy) is 1. The first-order chi connectivity index (χ1) is 12.1. The first-order valence-electron chi connectivity index (χ1n) is 8.89. The van der Waals surface area contributed by atoms with Crippen molar-refractivity contribution in [1.82, 2.24) is 0 Å². The molecule has 1 amide bonds. The Kier molecular flexibility index (Phi) is 6.10. The molecule has 134 valence electrons. The smallest absolute Gasteiger partial charge is 0.226 e. The Bertz CT molecular complexity index is 694. The Balaban J connectivity index is 1.48. The van der Waals surface area contributed by atoms with Crippen molar-refractivity contribution in [2.75, 3.05) is 30.0 Å². The fourth-order valence-electron chi connectivity index (χ4n) is 2.93. The van der Waals surface area contributed by atoms with Crippen LogP contribution in [0.4, 0.5) is 11.4 Å². The maximum atomic E-state index is 12.0. The van der Waals surface area contributed by atoms with E-state index < -0.39 is 0 Å². The molecular formula is C20H26N2O2S. The molecule has 2 aromatic rings. The van der Waals surface area contributed by atoms with Crippen molar-refractivity contribution in [2.45, 2.75) is 33.2 Å². The van der Waals surface area contributed by atoms with Crippen molar-refractivity contribution in [3.05, 3.63) is 46.2 Å². The monoisotopic (exact) mass is 358 g/mol. The summed E-state index contributed by atoms with van der Waals surface area (Å²) in [5.41, 5.74) is 3.48. The van der Waals surface area contributed by atoms with E-state index >= 15 is 0 Å². The second-order valence-corrected chi connectivity index (χ2v) is 7.86. The van der Waals surface area contributed by atoms with Gasteiger partial charge in [-0.3, -0.25) is 4.79 Å². The predicted molar refractivity (Wildman–Crippen MR) is 104 cm³/mol. The summed E-state index contributed by atoms with van der Waals surface area (Å²) in [6.07, 6.45) is 1.50. The largest absolute Gasteiger partial charge is 0.381 e.